The smallest absolute Gasteiger partial charge is 0.119 e. The van der Waals surface area contributed by atoms with Gasteiger partial charge in [0, 0.05) is 12.4 Å². The van der Waals surface area contributed by atoms with Crippen LogP contribution in [0.1, 0.15) is 34.3 Å². The van der Waals surface area contributed by atoms with Crippen molar-refractivity contribution < 1.29 is 18.9 Å². The molecular formula is C32H32N2O4. The Labute approximate surface area is 224 Å². The van der Waals surface area contributed by atoms with Crippen molar-refractivity contribution in [1.29, 1.82) is 0 Å². The fourth-order valence-corrected chi connectivity index (χ4v) is 4.13. The fraction of sp³-hybridized carbons (Fsp3) is 0.188. The molecule has 0 aliphatic rings. The summed E-state index contributed by atoms with van der Waals surface area (Å²) in [4.78, 5) is 10.2. The zero-order valence-electron chi connectivity index (χ0n) is 22.1. The summed E-state index contributed by atoms with van der Waals surface area (Å²) in [5.74, 6) is 3.05. The maximum absolute atomic E-state index is 5.53. The Bertz CT molecular complexity index is 1290. The molecule has 0 aliphatic carbocycles. The molecule has 0 amide bonds. The van der Waals surface area contributed by atoms with Crippen LogP contribution in [0.25, 0.3) is 0 Å². The van der Waals surface area contributed by atoms with Gasteiger partial charge >= 0.3 is 0 Å². The number of hydrogen-bond donors (Lipinski definition) is 0. The van der Waals surface area contributed by atoms with Crippen LogP contribution in [0.3, 0.4) is 0 Å². The highest BCUT2D eigenvalue weighted by molar-refractivity contribution is 5.81. The second-order valence-corrected chi connectivity index (χ2v) is 8.55. The van der Waals surface area contributed by atoms with E-state index in [0.29, 0.717) is 0 Å². The van der Waals surface area contributed by atoms with E-state index in [-0.39, 0.29) is 12.1 Å². The number of nitrogens with zero attached hydrogens (tertiary/aromatic N) is 2. The number of methoxy groups -OCH3 is 4. The van der Waals surface area contributed by atoms with Crippen molar-refractivity contribution in [2.75, 3.05) is 28.4 Å². The highest BCUT2D eigenvalue weighted by Gasteiger charge is 2.24. The van der Waals surface area contributed by atoms with E-state index in [1.807, 2.05) is 109 Å². The summed E-state index contributed by atoms with van der Waals surface area (Å²) in [6, 6.07) is 30.8. The number of benzene rings is 4. The van der Waals surface area contributed by atoms with Gasteiger partial charge in [0.15, 0.2) is 0 Å². The largest absolute Gasteiger partial charge is 0.497 e. The molecule has 6 heteroatoms. The lowest BCUT2D eigenvalue weighted by atomic mass is 9.93. The first-order valence-corrected chi connectivity index (χ1v) is 12.3. The number of rotatable bonds is 11. The van der Waals surface area contributed by atoms with Crippen LogP contribution in [0.2, 0.25) is 0 Å². The van der Waals surface area contributed by atoms with Crippen molar-refractivity contribution in [1.82, 2.24) is 0 Å². The molecule has 38 heavy (non-hydrogen) atoms. The average molecular weight is 509 g/mol. The third-order valence-electron chi connectivity index (χ3n) is 6.13. The van der Waals surface area contributed by atoms with Gasteiger partial charge in [0.25, 0.3) is 0 Å². The molecular weight excluding hydrogens is 476 g/mol. The van der Waals surface area contributed by atoms with Crippen LogP contribution in [0.15, 0.2) is 107 Å². The predicted octanol–water partition coefficient (Wildman–Crippen LogP) is 6.74. The first-order valence-electron chi connectivity index (χ1n) is 12.3. The lowest BCUT2D eigenvalue weighted by Gasteiger charge is -2.23. The van der Waals surface area contributed by atoms with Crippen molar-refractivity contribution in [3.8, 4) is 23.0 Å². The van der Waals surface area contributed by atoms with Crippen LogP contribution in [-0.2, 0) is 0 Å². The lowest BCUT2D eigenvalue weighted by Crippen LogP contribution is -2.10. The van der Waals surface area contributed by atoms with E-state index in [4.69, 9.17) is 28.9 Å². The molecule has 0 spiro atoms. The van der Waals surface area contributed by atoms with Crippen LogP contribution < -0.4 is 18.9 Å². The third kappa shape index (κ3) is 6.79. The molecule has 4 rings (SSSR count). The van der Waals surface area contributed by atoms with Gasteiger partial charge in [-0.1, -0.05) is 48.5 Å². The normalized spacial score (nSPS) is 12.8. The van der Waals surface area contributed by atoms with Gasteiger partial charge in [-0.2, -0.15) is 0 Å². The Morgan fingerprint density at radius 3 is 1.18 bits per heavy atom. The summed E-state index contributed by atoms with van der Waals surface area (Å²) in [7, 11) is 6.63. The van der Waals surface area contributed by atoms with Gasteiger partial charge in [-0.15, -0.1) is 0 Å². The maximum atomic E-state index is 5.53. The highest BCUT2D eigenvalue weighted by Crippen LogP contribution is 2.38. The third-order valence-corrected chi connectivity index (χ3v) is 6.13. The van der Waals surface area contributed by atoms with Gasteiger partial charge in [0.2, 0.25) is 0 Å². The molecule has 0 aromatic heterocycles. The van der Waals surface area contributed by atoms with Crippen molar-refractivity contribution >= 4 is 12.4 Å². The zero-order chi connectivity index (χ0) is 26.7. The standard InChI is InChI=1S/C32H32N2O4/c1-35-27-13-5-9-23(17-27)21-33-31(25-11-7-15-29(19-25)37-3)32(26-12-8-16-30(20-26)38-4)34-22-24-10-6-14-28(18-24)36-2/h5-22,31-32H,1-4H3/t31-,32+. The van der Waals surface area contributed by atoms with E-state index >= 15 is 0 Å². The van der Waals surface area contributed by atoms with Crippen LogP contribution in [0.5, 0.6) is 23.0 Å². The Kier molecular flexibility index (Phi) is 9.13. The quantitative estimate of drug-likeness (QED) is 0.211. The van der Waals surface area contributed by atoms with Gasteiger partial charge in [-0.3, -0.25) is 9.98 Å². The van der Waals surface area contributed by atoms with E-state index in [0.717, 1.165) is 45.3 Å². The van der Waals surface area contributed by atoms with Crippen molar-refractivity contribution in [2.45, 2.75) is 12.1 Å². The average Bonchev–Trinajstić information content (AvgIpc) is 2.99. The van der Waals surface area contributed by atoms with Crippen molar-refractivity contribution in [2.24, 2.45) is 9.98 Å². The summed E-state index contributed by atoms with van der Waals surface area (Å²) in [5, 5.41) is 0. The molecule has 0 fully saturated rings. The minimum Gasteiger partial charge on any atom is -0.497 e. The van der Waals surface area contributed by atoms with Crippen LogP contribution in [0.4, 0.5) is 0 Å². The van der Waals surface area contributed by atoms with Gasteiger partial charge < -0.3 is 18.9 Å². The molecule has 0 N–H and O–H groups in total. The molecule has 0 saturated heterocycles. The topological polar surface area (TPSA) is 61.6 Å². The summed E-state index contributed by atoms with van der Waals surface area (Å²) < 4.78 is 21.9. The summed E-state index contributed by atoms with van der Waals surface area (Å²) in [5.41, 5.74) is 3.80. The van der Waals surface area contributed by atoms with Gasteiger partial charge in [-0.25, -0.2) is 0 Å². The fourth-order valence-electron chi connectivity index (χ4n) is 4.13. The molecule has 0 radical (unpaired) electrons. The van der Waals surface area contributed by atoms with Crippen LogP contribution >= 0.6 is 0 Å². The summed E-state index contributed by atoms with van der Waals surface area (Å²) in [6.07, 6.45) is 3.72. The highest BCUT2D eigenvalue weighted by atomic mass is 16.5. The molecule has 0 unspecified atom stereocenters. The van der Waals surface area contributed by atoms with E-state index in [2.05, 4.69) is 0 Å². The van der Waals surface area contributed by atoms with Crippen LogP contribution in [0, 0.1) is 0 Å². The molecule has 0 saturated carbocycles. The molecule has 2 atom stereocenters. The molecule has 4 aromatic rings. The Morgan fingerprint density at radius 2 is 0.816 bits per heavy atom. The first-order chi connectivity index (χ1) is 18.6. The van der Waals surface area contributed by atoms with E-state index in [1.165, 1.54) is 0 Å². The number of hydrogen-bond acceptors (Lipinski definition) is 6. The van der Waals surface area contributed by atoms with Crippen LogP contribution in [-0.4, -0.2) is 40.9 Å². The number of ether oxygens (including phenoxy) is 4. The second kappa shape index (κ2) is 13.1. The molecule has 194 valence electrons. The Balaban J connectivity index is 1.84. The predicted molar refractivity (Wildman–Crippen MR) is 153 cm³/mol. The summed E-state index contributed by atoms with van der Waals surface area (Å²) >= 11 is 0. The van der Waals surface area contributed by atoms with E-state index in [1.54, 1.807) is 28.4 Å². The molecule has 4 aromatic carbocycles. The van der Waals surface area contributed by atoms with Gasteiger partial charge in [-0.05, 0) is 70.8 Å². The van der Waals surface area contributed by atoms with Gasteiger partial charge in [0.05, 0.1) is 28.4 Å². The first kappa shape index (κ1) is 26.5. The Morgan fingerprint density at radius 1 is 0.474 bits per heavy atom. The lowest BCUT2D eigenvalue weighted by molar-refractivity contribution is 0.412. The van der Waals surface area contributed by atoms with Crippen molar-refractivity contribution in [3.63, 3.8) is 0 Å². The number of aliphatic imine (C=N–C) groups is 2. The maximum Gasteiger partial charge on any atom is 0.119 e. The zero-order valence-corrected chi connectivity index (χ0v) is 22.1. The van der Waals surface area contributed by atoms with Gasteiger partial charge in [0.1, 0.15) is 35.1 Å². The molecule has 0 aliphatic heterocycles. The molecule has 0 heterocycles. The molecule has 6 nitrogen and oxygen atoms in total. The van der Waals surface area contributed by atoms with E-state index < -0.39 is 0 Å². The van der Waals surface area contributed by atoms with Crippen molar-refractivity contribution in [3.05, 3.63) is 119 Å². The van der Waals surface area contributed by atoms with E-state index in [9.17, 15) is 0 Å². The molecule has 0 bridgehead atoms. The summed E-state index contributed by atoms with van der Waals surface area (Å²) in [6.45, 7) is 0. The monoisotopic (exact) mass is 508 g/mol. The minimum atomic E-state index is -0.356. The minimum absolute atomic E-state index is 0.356. The second-order valence-electron chi connectivity index (χ2n) is 8.55. The SMILES string of the molecule is COc1cccc(C=N[C@H](c2cccc(OC)c2)[C@@H](N=Cc2cccc(OC)c2)c2cccc(OC)c2)c1. The Hall–Kier alpha value is -4.58.